The summed E-state index contributed by atoms with van der Waals surface area (Å²) in [7, 11) is -4.76. The molecular weight excluding hydrogens is 338 g/mol. The molecule has 2 saturated heterocycles. The summed E-state index contributed by atoms with van der Waals surface area (Å²) >= 11 is 0. The molecule has 134 valence electrons. The Labute approximate surface area is 140 Å². The van der Waals surface area contributed by atoms with E-state index in [4.69, 9.17) is 4.55 Å². The number of nitrogens with zero attached hydrogens (tertiary/aromatic N) is 2. The fourth-order valence-corrected chi connectivity index (χ4v) is 4.96. The number of fused-ring (bicyclic) bond motifs is 2. The van der Waals surface area contributed by atoms with Crippen molar-refractivity contribution in [2.24, 2.45) is 5.41 Å². The van der Waals surface area contributed by atoms with Crippen molar-refractivity contribution in [1.82, 2.24) is 15.3 Å². The van der Waals surface area contributed by atoms with Gasteiger partial charge in [-0.25, -0.2) is 4.79 Å². The van der Waals surface area contributed by atoms with E-state index in [2.05, 4.69) is 9.60 Å². The number of piperidine rings is 1. The smallest absolute Gasteiger partial charge is 0.352 e. The van der Waals surface area contributed by atoms with Crippen LogP contribution in [-0.2, 0) is 19.5 Å². The Morgan fingerprint density at radius 3 is 2.58 bits per heavy atom. The topological polar surface area (TPSA) is 116 Å². The maximum atomic E-state index is 12.5. The quantitative estimate of drug-likeness (QED) is 0.704. The highest BCUT2D eigenvalue weighted by atomic mass is 32.3. The number of hydrogen-bond acceptors (Lipinski definition) is 5. The molecule has 2 aliphatic heterocycles. The van der Waals surface area contributed by atoms with Crippen molar-refractivity contribution >= 4 is 22.3 Å². The van der Waals surface area contributed by atoms with Gasteiger partial charge in [-0.3, -0.25) is 9.35 Å². The Kier molecular flexibility index (Phi) is 3.56. The molecule has 2 unspecified atom stereocenters. The first-order valence-electron chi connectivity index (χ1n) is 8.34. The van der Waals surface area contributed by atoms with Gasteiger partial charge < -0.3 is 10.2 Å². The number of hydroxylamine groups is 2. The Balaban J connectivity index is 1.37. The highest BCUT2D eigenvalue weighted by molar-refractivity contribution is 7.80. The summed E-state index contributed by atoms with van der Waals surface area (Å²) in [6, 6.07) is -1.59. The molecule has 4 aliphatic rings. The van der Waals surface area contributed by atoms with Crippen LogP contribution in [0.25, 0.3) is 0 Å². The van der Waals surface area contributed by atoms with E-state index in [1.807, 2.05) is 0 Å². The lowest BCUT2D eigenvalue weighted by Crippen LogP contribution is -2.58. The van der Waals surface area contributed by atoms with Gasteiger partial charge in [-0.2, -0.15) is 13.5 Å². The Bertz CT molecular complexity index is 668. The van der Waals surface area contributed by atoms with Crippen molar-refractivity contribution in [3.63, 3.8) is 0 Å². The second-order valence-corrected chi connectivity index (χ2v) is 8.48. The Morgan fingerprint density at radius 1 is 1.29 bits per heavy atom. The second-order valence-electron chi connectivity index (χ2n) is 7.48. The molecule has 2 N–H and O–H groups in total. The first-order valence-corrected chi connectivity index (χ1v) is 9.70. The summed E-state index contributed by atoms with van der Waals surface area (Å²) in [5.41, 5.74) is 0.458. The third-order valence-electron chi connectivity index (χ3n) is 5.92. The number of rotatable bonds is 4. The van der Waals surface area contributed by atoms with Crippen molar-refractivity contribution < 1.29 is 26.8 Å². The molecular formula is C14H21N3O6S. The highest BCUT2D eigenvalue weighted by Crippen LogP contribution is 2.55. The van der Waals surface area contributed by atoms with E-state index in [0.29, 0.717) is 23.3 Å². The van der Waals surface area contributed by atoms with Crippen LogP contribution in [0.5, 0.6) is 0 Å². The molecule has 2 saturated carbocycles. The fourth-order valence-electron chi connectivity index (χ4n) is 4.57. The van der Waals surface area contributed by atoms with Crippen LogP contribution < -0.4 is 5.32 Å². The first kappa shape index (κ1) is 16.1. The zero-order chi connectivity index (χ0) is 17.1. The molecule has 2 atom stereocenters. The molecule has 24 heavy (non-hydrogen) atoms. The van der Waals surface area contributed by atoms with E-state index < -0.39 is 28.5 Å². The van der Waals surface area contributed by atoms with E-state index in [1.165, 1.54) is 24.2 Å². The minimum absolute atomic E-state index is 0.179. The lowest BCUT2D eigenvalue weighted by Gasteiger charge is -2.54. The summed E-state index contributed by atoms with van der Waals surface area (Å²) in [5, 5.41) is 3.68. The lowest BCUT2D eigenvalue weighted by atomic mass is 9.54. The number of amides is 3. The monoisotopic (exact) mass is 359 g/mol. The third-order valence-corrected chi connectivity index (χ3v) is 6.27. The molecule has 4 fully saturated rings. The van der Waals surface area contributed by atoms with E-state index in [-0.39, 0.29) is 18.5 Å². The van der Waals surface area contributed by atoms with Gasteiger partial charge >= 0.3 is 16.4 Å². The maximum Gasteiger partial charge on any atom is 0.418 e. The van der Waals surface area contributed by atoms with Crippen LogP contribution in [0.15, 0.2) is 0 Å². The zero-order valence-electron chi connectivity index (χ0n) is 13.2. The SMILES string of the molecule is O=C(NC1CC2(CCC2)C1)C1CCC2CN1C(=O)N2OS(=O)(=O)O. The maximum absolute atomic E-state index is 12.5. The van der Waals surface area contributed by atoms with Crippen molar-refractivity contribution in [3.05, 3.63) is 0 Å². The fraction of sp³-hybridized carbons (Fsp3) is 0.857. The van der Waals surface area contributed by atoms with Gasteiger partial charge in [0, 0.05) is 12.6 Å². The molecule has 0 aromatic carbocycles. The molecule has 3 amide bonds. The van der Waals surface area contributed by atoms with Crippen LogP contribution in [0.4, 0.5) is 4.79 Å². The van der Waals surface area contributed by atoms with Crippen LogP contribution in [0.3, 0.4) is 0 Å². The van der Waals surface area contributed by atoms with Gasteiger partial charge in [0.2, 0.25) is 5.91 Å². The highest BCUT2D eigenvalue weighted by Gasteiger charge is 2.52. The Morgan fingerprint density at radius 2 is 2.00 bits per heavy atom. The van der Waals surface area contributed by atoms with Crippen LogP contribution in [0, 0.1) is 5.41 Å². The lowest BCUT2D eigenvalue weighted by molar-refractivity contribution is -0.129. The van der Waals surface area contributed by atoms with Gasteiger partial charge in [-0.05, 0) is 43.9 Å². The average molecular weight is 359 g/mol. The van der Waals surface area contributed by atoms with E-state index in [9.17, 15) is 18.0 Å². The number of carbonyl (C=O) groups excluding carboxylic acids is 2. The van der Waals surface area contributed by atoms with Crippen LogP contribution in [-0.4, -0.2) is 59.5 Å². The number of carbonyl (C=O) groups is 2. The summed E-state index contributed by atoms with van der Waals surface area (Å²) < 4.78 is 34.9. The average Bonchev–Trinajstić information content (AvgIpc) is 2.64. The van der Waals surface area contributed by atoms with Crippen LogP contribution in [0.1, 0.15) is 44.9 Å². The predicted octanol–water partition coefficient (Wildman–Crippen LogP) is 0.438. The first-order chi connectivity index (χ1) is 11.3. The third kappa shape index (κ3) is 2.66. The molecule has 0 aromatic rings. The number of nitrogens with one attached hydrogen (secondary N) is 1. The van der Waals surface area contributed by atoms with E-state index >= 15 is 0 Å². The largest absolute Gasteiger partial charge is 0.418 e. The van der Waals surface area contributed by atoms with Gasteiger partial charge in [0.1, 0.15) is 6.04 Å². The van der Waals surface area contributed by atoms with Gasteiger partial charge in [0.25, 0.3) is 0 Å². The molecule has 1 spiro atoms. The summed E-state index contributed by atoms with van der Waals surface area (Å²) in [4.78, 5) is 26.1. The number of hydrogen-bond donors (Lipinski definition) is 2. The molecule has 2 heterocycles. The minimum atomic E-state index is -4.76. The van der Waals surface area contributed by atoms with Crippen molar-refractivity contribution in [3.8, 4) is 0 Å². The Hall–Kier alpha value is -1.39. The molecule has 0 aromatic heterocycles. The van der Waals surface area contributed by atoms with Crippen molar-refractivity contribution in [2.45, 2.75) is 63.1 Å². The summed E-state index contributed by atoms with van der Waals surface area (Å²) in [6.45, 7) is 0.223. The van der Waals surface area contributed by atoms with Gasteiger partial charge in [-0.1, -0.05) is 6.42 Å². The zero-order valence-corrected chi connectivity index (χ0v) is 14.0. The molecule has 10 heteroatoms. The van der Waals surface area contributed by atoms with E-state index in [0.717, 1.165) is 12.8 Å². The summed E-state index contributed by atoms with van der Waals surface area (Å²) in [5.74, 6) is -0.185. The molecule has 9 nitrogen and oxygen atoms in total. The molecule has 2 bridgehead atoms. The second kappa shape index (κ2) is 5.30. The molecule has 0 radical (unpaired) electrons. The minimum Gasteiger partial charge on any atom is -0.352 e. The van der Waals surface area contributed by atoms with Crippen LogP contribution in [0.2, 0.25) is 0 Å². The standard InChI is InChI=1S/C14H21N3O6S/c18-12(15-9-6-14(7-9)4-1-5-14)11-3-2-10-8-16(11)13(19)17(10)23-24(20,21)22/h9-11H,1-8H2,(H,15,18)(H,20,21,22). The van der Waals surface area contributed by atoms with Gasteiger partial charge in [0.05, 0.1) is 6.04 Å². The van der Waals surface area contributed by atoms with Gasteiger partial charge in [0.15, 0.2) is 0 Å². The molecule has 4 rings (SSSR count). The van der Waals surface area contributed by atoms with Crippen molar-refractivity contribution in [2.75, 3.05) is 6.54 Å². The van der Waals surface area contributed by atoms with Crippen molar-refractivity contribution in [1.29, 1.82) is 0 Å². The summed E-state index contributed by atoms with van der Waals surface area (Å²) in [6.07, 6.45) is 6.69. The normalized spacial score (nSPS) is 31.8. The predicted molar refractivity (Wildman–Crippen MR) is 80.8 cm³/mol. The molecule has 2 aliphatic carbocycles. The van der Waals surface area contributed by atoms with E-state index in [1.54, 1.807) is 0 Å². The van der Waals surface area contributed by atoms with Gasteiger partial charge in [-0.15, -0.1) is 4.28 Å². The number of urea groups is 1. The van der Waals surface area contributed by atoms with Crippen LogP contribution >= 0.6 is 0 Å².